The molecule has 0 saturated carbocycles. The number of rotatable bonds is 4. The Balaban J connectivity index is 1.40. The maximum atomic E-state index is 13.1. The first-order valence-electron chi connectivity index (χ1n) is 11.8. The molecule has 1 unspecified atom stereocenters. The molecule has 0 radical (unpaired) electrons. The van der Waals surface area contributed by atoms with Gasteiger partial charge in [0.05, 0.1) is 4.88 Å². The third kappa shape index (κ3) is 4.55. The summed E-state index contributed by atoms with van der Waals surface area (Å²) in [5.41, 5.74) is 2.42. The van der Waals surface area contributed by atoms with E-state index in [-0.39, 0.29) is 17.9 Å². The fourth-order valence-electron chi connectivity index (χ4n) is 4.85. The topological polar surface area (TPSA) is 61.4 Å². The third-order valence-electron chi connectivity index (χ3n) is 6.85. The van der Waals surface area contributed by atoms with Crippen molar-refractivity contribution in [2.24, 2.45) is 11.3 Å². The molecule has 2 amide bonds. The predicted molar refractivity (Wildman–Crippen MR) is 136 cm³/mol. The van der Waals surface area contributed by atoms with Gasteiger partial charge >= 0.3 is 0 Å². The van der Waals surface area contributed by atoms with Crippen LogP contribution in [0.4, 0.5) is 5.69 Å². The molecule has 3 aliphatic rings. The first kappa shape index (κ1) is 22.1. The van der Waals surface area contributed by atoms with Gasteiger partial charge in [0.2, 0.25) is 5.91 Å². The molecule has 4 heterocycles. The number of carbonyl (C=O) groups excluding carboxylic acids is 2. The molecular formula is C27H31N3O2S. The highest BCUT2D eigenvalue weighted by atomic mass is 32.1. The van der Waals surface area contributed by atoms with E-state index in [4.69, 9.17) is 0 Å². The Kier molecular flexibility index (Phi) is 5.75. The molecule has 3 saturated heterocycles. The summed E-state index contributed by atoms with van der Waals surface area (Å²) >= 11 is 1.55. The first-order chi connectivity index (χ1) is 15.8. The van der Waals surface area contributed by atoms with Crippen molar-refractivity contribution in [1.29, 1.82) is 0 Å². The van der Waals surface area contributed by atoms with Gasteiger partial charge in [0.15, 0.2) is 0 Å². The monoisotopic (exact) mass is 461 g/mol. The summed E-state index contributed by atoms with van der Waals surface area (Å²) in [6.07, 6.45) is 2.37. The lowest BCUT2D eigenvalue weighted by atomic mass is 9.84. The molecule has 1 aromatic heterocycles. The highest BCUT2D eigenvalue weighted by Crippen LogP contribution is 2.36. The minimum Gasteiger partial charge on any atom is -0.347 e. The number of benzene rings is 2. The molecule has 3 aliphatic heterocycles. The van der Waals surface area contributed by atoms with Crippen LogP contribution in [-0.4, -0.2) is 42.4 Å². The Morgan fingerprint density at radius 1 is 1.03 bits per heavy atom. The molecule has 33 heavy (non-hydrogen) atoms. The Morgan fingerprint density at radius 2 is 1.79 bits per heavy atom. The van der Waals surface area contributed by atoms with Crippen LogP contribution in [0.2, 0.25) is 0 Å². The SMILES string of the molecule is CC(C)(C)C(=O)Nc1cccc(-c2cccc3cc(C(=O)NC4CN5CCC4CC5)sc23)c1. The molecule has 1 atom stereocenters. The lowest BCUT2D eigenvalue weighted by molar-refractivity contribution is -0.123. The summed E-state index contributed by atoms with van der Waals surface area (Å²) in [6, 6.07) is 16.4. The second kappa shape index (κ2) is 8.58. The highest BCUT2D eigenvalue weighted by Gasteiger charge is 2.35. The zero-order chi connectivity index (χ0) is 23.2. The number of amides is 2. The van der Waals surface area contributed by atoms with Gasteiger partial charge in [-0.05, 0) is 66.6 Å². The van der Waals surface area contributed by atoms with Gasteiger partial charge in [0.25, 0.3) is 5.91 Å². The Bertz CT molecular complexity index is 1200. The molecular weight excluding hydrogens is 430 g/mol. The molecule has 2 bridgehead atoms. The molecule has 3 fully saturated rings. The predicted octanol–water partition coefficient (Wildman–Crippen LogP) is 5.38. The van der Waals surface area contributed by atoms with Crippen LogP contribution >= 0.6 is 11.3 Å². The smallest absolute Gasteiger partial charge is 0.261 e. The number of thiophene rings is 1. The second-order valence-corrected chi connectivity index (χ2v) is 11.4. The van der Waals surface area contributed by atoms with Crippen LogP contribution in [0.1, 0.15) is 43.3 Å². The van der Waals surface area contributed by atoms with E-state index in [2.05, 4.69) is 27.7 Å². The number of hydrogen-bond acceptors (Lipinski definition) is 4. The van der Waals surface area contributed by atoms with Crippen LogP contribution in [0.5, 0.6) is 0 Å². The van der Waals surface area contributed by atoms with E-state index in [1.54, 1.807) is 11.3 Å². The van der Waals surface area contributed by atoms with E-state index in [0.717, 1.165) is 38.3 Å². The molecule has 0 spiro atoms. The van der Waals surface area contributed by atoms with Crippen molar-refractivity contribution in [3.05, 3.63) is 53.4 Å². The summed E-state index contributed by atoms with van der Waals surface area (Å²) in [4.78, 5) is 28.7. The molecule has 0 aliphatic carbocycles. The number of carbonyl (C=O) groups is 2. The van der Waals surface area contributed by atoms with Crippen LogP contribution < -0.4 is 10.6 Å². The van der Waals surface area contributed by atoms with Gasteiger partial charge in [-0.3, -0.25) is 9.59 Å². The van der Waals surface area contributed by atoms with Crippen molar-refractivity contribution < 1.29 is 9.59 Å². The van der Waals surface area contributed by atoms with Crippen LogP contribution in [0.25, 0.3) is 21.2 Å². The van der Waals surface area contributed by atoms with E-state index in [0.29, 0.717) is 5.92 Å². The van der Waals surface area contributed by atoms with Gasteiger partial charge in [-0.15, -0.1) is 11.3 Å². The molecule has 3 aromatic rings. The Hall–Kier alpha value is -2.70. The molecule has 2 N–H and O–H groups in total. The van der Waals surface area contributed by atoms with Crippen molar-refractivity contribution in [3.8, 4) is 11.1 Å². The lowest BCUT2D eigenvalue weighted by Gasteiger charge is -2.44. The van der Waals surface area contributed by atoms with E-state index >= 15 is 0 Å². The molecule has 5 nitrogen and oxygen atoms in total. The van der Waals surface area contributed by atoms with Crippen LogP contribution in [0.3, 0.4) is 0 Å². The quantitative estimate of drug-likeness (QED) is 0.549. The number of nitrogens with zero attached hydrogens (tertiary/aromatic N) is 1. The summed E-state index contributed by atoms with van der Waals surface area (Å²) in [7, 11) is 0. The zero-order valence-electron chi connectivity index (χ0n) is 19.5. The van der Waals surface area contributed by atoms with Crippen LogP contribution in [0.15, 0.2) is 48.5 Å². The zero-order valence-corrected chi connectivity index (χ0v) is 20.3. The highest BCUT2D eigenvalue weighted by molar-refractivity contribution is 7.21. The van der Waals surface area contributed by atoms with Gasteiger partial charge in [-0.1, -0.05) is 51.1 Å². The van der Waals surface area contributed by atoms with Crippen molar-refractivity contribution in [1.82, 2.24) is 10.2 Å². The largest absolute Gasteiger partial charge is 0.347 e. The van der Waals surface area contributed by atoms with Gasteiger partial charge in [0, 0.05) is 28.4 Å². The van der Waals surface area contributed by atoms with Crippen molar-refractivity contribution in [3.63, 3.8) is 0 Å². The average molecular weight is 462 g/mol. The lowest BCUT2D eigenvalue weighted by Crippen LogP contribution is -2.57. The van der Waals surface area contributed by atoms with Crippen molar-refractivity contribution >= 4 is 38.9 Å². The van der Waals surface area contributed by atoms with Gasteiger partial charge in [0.1, 0.15) is 0 Å². The second-order valence-electron chi connectivity index (χ2n) is 10.3. The fraction of sp³-hybridized carbons (Fsp3) is 0.407. The van der Waals surface area contributed by atoms with Crippen molar-refractivity contribution in [2.75, 3.05) is 25.0 Å². The number of nitrogens with one attached hydrogen (secondary N) is 2. The van der Waals surface area contributed by atoms with E-state index in [9.17, 15) is 9.59 Å². The molecule has 172 valence electrons. The van der Waals surface area contributed by atoms with Crippen molar-refractivity contribution in [2.45, 2.75) is 39.7 Å². The van der Waals surface area contributed by atoms with Crippen LogP contribution in [-0.2, 0) is 4.79 Å². The van der Waals surface area contributed by atoms with E-state index in [1.807, 2.05) is 57.2 Å². The number of anilines is 1. The maximum Gasteiger partial charge on any atom is 0.261 e. The summed E-state index contributed by atoms with van der Waals surface area (Å²) < 4.78 is 1.09. The van der Waals surface area contributed by atoms with Gasteiger partial charge in [-0.2, -0.15) is 0 Å². The van der Waals surface area contributed by atoms with Crippen LogP contribution in [0, 0.1) is 11.3 Å². The summed E-state index contributed by atoms with van der Waals surface area (Å²) in [5.74, 6) is 0.628. The Labute approximate surface area is 199 Å². The fourth-order valence-corrected chi connectivity index (χ4v) is 5.95. The van der Waals surface area contributed by atoms with Gasteiger partial charge in [-0.25, -0.2) is 0 Å². The van der Waals surface area contributed by atoms with E-state index in [1.165, 1.54) is 25.9 Å². The number of hydrogen-bond donors (Lipinski definition) is 2. The molecule has 6 heteroatoms. The minimum atomic E-state index is -0.457. The summed E-state index contributed by atoms with van der Waals surface area (Å²) in [6.45, 7) is 9.01. The maximum absolute atomic E-state index is 13.1. The first-order valence-corrected chi connectivity index (χ1v) is 12.6. The normalized spacial score (nSPS) is 22.3. The number of fused-ring (bicyclic) bond motifs is 4. The Morgan fingerprint density at radius 3 is 2.48 bits per heavy atom. The standard InChI is InChI=1S/C27H31N3O2S/c1-27(2,3)26(32)28-20-8-4-6-18(14-20)21-9-5-7-19-15-23(33-24(19)21)25(31)29-22-16-30-12-10-17(22)11-13-30/h4-9,14-15,17,22H,10-13,16H2,1-3H3,(H,28,32)(H,29,31). The van der Waals surface area contributed by atoms with E-state index < -0.39 is 5.41 Å². The summed E-state index contributed by atoms with van der Waals surface area (Å²) in [5, 5.41) is 7.40. The molecule has 6 rings (SSSR count). The third-order valence-corrected chi connectivity index (χ3v) is 8.04. The van der Waals surface area contributed by atoms with Gasteiger partial charge < -0.3 is 15.5 Å². The molecule has 2 aromatic carbocycles. The average Bonchev–Trinajstić information content (AvgIpc) is 3.24. The minimum absolute atomic E-state index is 0.0133. The number of piperidine rings is 3.